The van der Waals surface area contributed by atoms with Crippen molar-refractivity contribution >= 4 is 11.6 Å². The summed E-state index contributed by atoms with van der Waals surface area (Å²) in [7, 11) is 0. The normalized spacial score (nSPS) is 20.8. The number of halogens is 1. The van der Waals surface area contributed by atoms with Crippen LogP contribution in [0.3, 0.4) is 0 Å². The summed E-state index contributed by atoms with van der Waals surface area (Å²) in [5.41, 5.74) is 3.79. The fourth-order valence-electron chi connectivity index (χ4n) is 4.16. The van der Waals surface area contributed by atoms with E-state index < -0.39 is 6.17 Å². The van der Waals surface area contributed by atoms with Gasteiger partial charge in [-0.05, 0) is 18.9 Å². The lowest BCUT2D eigenvalue weighted by atomic mass is 9.94. The van der Waals surface area contributed by atoms with Gasteiger partial charge in [0.05, 0.1) is 18.9 Å². The first-order valence-electron chi connectivity index (χ1n) is 11.3. The Kier molecular flexibility index (Phi) is 7.32. The lowest BCUT2D eigenvalue weighted by Gasteiger charge is -2.30. The van der Waals surface area contributed by atoms with Gasteiger partial charge in [-0.1, -0.05) is 61.2 Å². The molecule has 2 heterocycles. The summed E-state index contributed by atoms with van der Waals surface area (Å²) in [5.74, 6) is 0.525. The lowest BCUT2D eigenvalue weighted by Crippen LogP contribution is -2.37. The number of anilines is 1. The Hall–Kier alpha value is -2.99. The number of morpholine rings is 1. The molecule has 5 nitrogen and oxygen atoms in total. The summed E-state index contributed by atoms with van der Waals surface area (Å²) >= 11 is 0. The molecule has 1 aromatic heterocycles. The zero-order valence-electron chi connectivity index (χ0n) is 18.7. The Morgan fingerprint density at radius 2 is 1.94 bits per heavy atom. The number of nitrogens with zero attached hydrogens (tertiary/aromatic N) is 4. The average Bonchev–Trinajstić information content (AvgIpc) is 3.07. The first kappa shape index (κ1) is 22.2. The predicted octanol–water partition coefficient (Wildman–Crippen LogP) is 4.74. The first-order valence-corrected chi connectivity index (χ1v) is 11.3. The van der Waals surface area contributed by atoms with Crippen LogP contribution in [-0.4, -0.2) is 53.9 Å². The molecule has 2 unspecified atom stereocenters. The summed E-state index contributed by atoms with van der Waals surface area (Å²) < 4.78 is 19.9. The van der Waals surface area contributed by atoms with Crippen LogP contribution in [0.2, 0.25) is 0 Å². The second kappa shape index (κ2) is 10.6. The van der Waals surface area contributed by atoms with Crippen molar-refractivity contribution in [2.75, 3.05) is 37.7 Å². The van der Waals surface area contributed by atoms with Crippen LogP contribution in [0.15, 0.2) is 67.4 Å². The summed E-state index contributed by atoms with van der Waals surface area (Å²) in [6.45, 7) is 10.9. The summed E-state index contributed by atoms with van der Waals surface area (Å²) in [4.78, 5) is 14.0. The minimum Gasteiger partial charge on any atom is -0.378 e. The van der Waals surface area contributed by atoms with E-state index >= 15 is 0 Å². The highest BCUT2D eigenvalue weighted by Gasteiger charge is 2.25. The Labute approximate surface area is 189 Å². The topological polar surface area (TPSA) is 41.5 Å². The van der Waals surface area contributed by atoms with E-state index in [-0.39, 0.29) is 5.92 Å². The van der Waals surface area contributed by atoms with Crippen LogP contribution in [0.4, 0.5) is 10.3 Å². The van der Waals surface area contributed by atoms with Crippen LogP contribution in [0, 0.1) is 0 Å². The van der Waals surface area contributed by atoms with Crippen LogP contribution in [-0.2, 0) is 11.3 Å². The molecule has 0 spiro atoms. The van der Waals surface area contributed by atoms with E-state index in [1.54, 1.807) is 12.2 Å². The molecule has 2 aromatic rings. The standard InChI is InChI=1S/C26H31FN4O/c1-3-30(19-21-9-5-4-6-10-21)20(2)24-18-28-26(31-13-15-32-16-14-31)29-25(24)22-11-7-8-12-23(27)17-22/h4-12,18,22-23H,2-3,13-17,19H2,1H3. The minimum absolute atomic E-state index is 0.148. The van der Waals surface area contributed by atoms with Crippen molar-refractivity contribution in [3.63, 3.8) is 0 Å². The molecule has 6 heteroatoms. The van der Waals surface area contributed by atoms with Gasteiger partial charge in [-0.15, -0.1) is 0 Å². The van der Waals surface area contributed by atoms with Gasteiger partial charge in [-0.2, -0.15) is 0 Å². The summed E-state index contributed by atoms with van der Waals surface area (Å²) in [6.07, 6.45) is 8.53. The molecule has 0 amide bonds. The first-order chi connectivity index (χ1) is 15.7. The number of hydrogen-bond donors (Lipinski definition) is 0. The summed E-state index contributed by atoms with van der Waals surface area (Å²) in [5, 5.41) is 0. The van der Waals surface area contributed by atoms with E-state index in [9.17, 15) is 4.39 Å². The number of aromatic nitrogens is 2. The molecule has 4 rings (SSSR count). The van der Waals surface area contributed by atoms with Gasteiger partial charge in [0, 0.05) is 49.6 Å². The quantitative estimate of drug-likeness (QED) is 0.629. The zero-order valence-corrected chi connectivity index (χ0v) is 18.7. The van der Waals surface area contributed by atoms with Crippen LogP contribution in [0.25, 0.3) is 5.70 Å². The fourth-order valence-corrected chi connectivity index (χ4v) is 4.16. The van der Waals surface area contributed by atoms with Crippen LogP contribution in [0.1, 0.15) is 36.1 Å². The van der Waals surface area contributed by atoms with Gasteiger partial charge < -0.3 is 14.5 Å². The van der Waals surface area contributed by atoms with Crippen LogP contribution < -0.4 is 4.90 Å². The molecule has 0 N–H and O–H groups in total. The molecule has 32 heavy (non-hydrogen) atoms. The zero-order chi connectivity index (χ0) is 22.3. The van der Waals surface area contributed by atoms with Gasteiger partial charge in [0.1, 0.15) is 6.17 Å². The molecule has 1 saturated heterocycles. The molecular formula is C26H31FN4O. The van der Waals surface area contributed by atoms with E-state index in [1.165, 1.54) is 5.56 Å². The molecule has 0 radical (unpaired) electrons. The maximum Gasteiger partial charge on any atom is 0.225 e. The fraction of sp³-hybridized carbons (Fsp3) is 0.385. The molecule has 1 aliphatic heterocycles. The predicted molar refractivity (Wildman–Crippen MR) is 127 cm³/mol. The third-order valence-electron chi connectivity index (χ3n) is 5.99. The van der Waals surface area contributed by atoms with Gasteiger partial charge in [0.15, 0.2) is 0 Å². The molecule has 168 valence electrons. The molecular weight excluding hydrogens is 403 g/mol. The number of alkyl halides is 1. The van der Waals surface area contributed by atoms with Crippen molar-refractivity contribution in [3.8, 4) is 0 Å². The van der Waals surface area contributed by atoms with E-state index in [4.69, 9.17) is 9.72 Å². The molecule has 1 fully saturated rings. The monoisotopic (exact) mass is 434 g/mol. The average molecular weight is 435 g/mol. The van der Waals surface area contributed by atoms with Gasteiger partial charge in [0.25, 0.3) is 0 Å². The molecule has 2 atom stereocenters. The van der Waals surface area contributed by atoms with E-state index in [0.717, 1.165) is 43.1 Å². The summed E-state index contributed by atoms with van der Waals surface area (Å²) in [6, 6.07) is 10.3. The van der Waals surface area contributed by atoms with Crippen molar-refractivity contribution in [2.45, 2.75) is 32.0 Å². The maximum atomic E-state index is 14.4. The smallest absolute Gasteiger partial charge is 0.225 e. The van der Waals surface area contributed by atoms with Crippen LogP contribution in [0.5, 0.6) is 0 Å². The van der Waals surface area contributed by atoms with E-state index in [1.807, 2.05) is 36.5 Å². The second-order valence-electron chi connectivity index (χ2n) is 8.14. The maximum absolute atomic E-state index is 14.4. The Bertz CT molecular complexity index is 969. The van der Waals surface area contributed by atoms with Gasteiger partial charge in [-0.25, -0.2) is 14.4 Å². The largest absolute Gasteiger partial charge is 0.378 e. The second-order valence-corrected chi connectivity index (χ2v) is 8.14. The Morgan fingerprint density at radius 3 is 2.69 bits per heavy atom. The number of rotatable bonds is 7. The van der Waals surface area contributed by atoms with Gasteiger partial charge >= 0.3 is 0 Å². The van der Waals surface area contributed by atoms with Gasteiger partial charge in [-0.3, -0.25) is 0 Å². The van der Waals surface area contributed by atoms with Crippen LogP contribution >= 0.6 is 0 Å². The number of benzene rings is 1. The number of ether oxygens (including phenoxy) is 1. The molecule has 0 bridgehead atoms. The molecule has 1 aromatic carbocycles. The molecule has 1 aliphatic carbocycles. The highest BCUT2D eigenvalue weighted by atomic mass is 19.1. The van der Waals surface area contributed by atoms with E-state index in [2.05, 4.69) is 40.4 Å². The van der Waals surface area contributed by atoms with Crippen molar-refractivity contribution < 1.29 is 9.13 Å². The van der Waals surface area contributed by atoms with Crippen molar-refractivity contribution in [2.24, 2.45) is 0 Å². The van der Waals surface area contributed by atoms with Gasteiger partial charge in [0.2, 0.25) is 5.95 Å². The Balaban J connectivity index is 1.68. The van der Waals surface area contributed by atoms with Crippen molar-refractivity contribution in [3.05, 3.63) is 84.2 Å². The lowest BCUT2D eigenvalue weighted by molar-refractivity contribution is 0.122. The molecule has 0 saturated carbocycles. The van der Waals surface area contributed by atoms with E-state index in [0.29, 0.717) is 25.6 Å². The third-order valence-corrected chi connectivity index (χ3v) is 5.99. The molecule has 2 aliphatic rings. The highest BCUT2D eigenvalue weighted by Crippen LogP contribution is 2.33. The third kappa shape index (κ3) is 5.25. The highest BCUT2D eigenvalue weighted by molar-refractivity contribution is 5.65. The minimum atomic E-state index is -1.01. The SMILES string of the molecule is C=C(c1cnc(N2CCOCC2)nc1C1C=CC=CC(F)C1)N(CC)Cc1ccccc1. The number of hydrogen-bond acceptors (Lipinski definition) is 5. The Morgan fingerprint density at radius 1 is 1.19 bits per heavy atom. The number of allylic oxidation sites excluding steroid dienone is 4. The van der Waals surface area contributed by atoms with Crippen molar-refractivity contribution in [1.82, 2.24) is 14.9 Å². The van der Waals surface area contributed by atoms with Crippen molar-refractivity contribution in [1.29, 1.82) is 0 Å².